The smallest absolute Gasteiger partial charge is 0.0737 e. The quantitative estimate of drug-likeness (QED) is 0.272. The second kappa shape index (κ2) is 6.78. The summed E-state index contributed by atoms with van der Waals surface area (Å²) in [5.41, 5.74) is 5.74. The summed E-state index contributed by atoms with van der Waals surface area (Å²) in [5, 5.41) is 5.02. The Morgan fingerprint density at radius 1 is 0.594 bits per heavy atom. The van der Waals surface area contributed by atoms with Gasteiger partial charge in [-0.25, -0.2) is 0 Å². The average molecular weight is 427 g/mol. The molecule has 3 heteroatoms. The summed E-state index contributed by atoms with van der Waals surface area (Å²) in [6.07, 6.45) is 2.04. The van der Waals surface area contributed by atoms with Crippen LogP contribution in [0.5, 0.6) is 0 Å². The Labute approximate surface area is 189 Å². The minimum atomic E-state index is 1.01. The summed E-state index contributed by atoms with van der Waals surface area (Å²) in [7, 11) is 0. The first-order valence-corrected chi connectivity index (χ1v) is 11.6. The first kappa shape index (κ1) is 17.7. The number of rotatable bonds is 2. The summed E-state index contributed by atoms with van der Waals surface area (Å²) in [4.78, 5) is 4.95. The molecule has 0 unspecified atom stereocenters. The van der Waals surface area contributed by atoms with Crippen molar-refractivity contribution in [3.8, 4) is 16.9 Å². The summed E-state index contributed by atoms with van der Waals surface area (Å²) < 4.78 is 4.96. The Morgan fingerprint density at radius 2 is 1.34 bits per heavy atom. The number of fused-ring (bicyclic) bond motifs is 6. The molecular weight excluding hydrogens is 408 g/mol. The number of nitrogens with zero attached hydrogens (tertiary/aromatic N) is 2. The van der Waals surface area contributed by atoms with Crippen LogP contribution in [-0.4, -0.2) is 9.55 Å². The fourth-order valence-corrected chi connectivity index (χ4v) is 6.04. The molecule has 7 rings (SSSR count). The zero-order valence-electron chi connectivity index (χ0n) is 17.2. The second-order valence-corrected chi connectivity index (χ2v) is 9.11. The SMILES string of the molecule is c1ccc(-n2c3ccccc3c3cnc(-c4cccc5c4sc4ccccc45)cc32)cc1. The van der Waals surface area contributed by atoms with E-state index in [0.29, 0.717) is 0 Å². The third-order valence-corrected chi connectivity index (χ3v) is 7.47. The van der Waals surface area contributed by atoms with Crippen LogP contribution in [0.25, 0.3) is 58.9 Å². The van der Waals surface area contributed by atoms with E-state index in [-0.39, 0.29) is 0 Å². The van der Waals surface area contributed by atoms with Gasteiger partial charge in [-0.2, -0.15) is 0 Å². The fourth-order valence-electron chi connectivity index (χ4n) is 4.81. The molecule has 150 valence electrons. The zero-order valence-corrected chi connectivity index (χ0v) is 18.0. The zero-order chi connectivity index (χ0) is 21.1. The van der Waals surface area contributed by atoms with Crippen molar-refractivity contribution < 1.29 is 0 Å². The number of pyridine rings is 1. The molecule has 0 bridgehead atoms. The summed E-state index contributed by atoms with van der Waals surface area (Å²) >= 11 is 1.85. The number of hydrogen-bond acceptors (Lipinski definition) is 2. The molecule has 2 nitrogen and oxygen atoms in total. The van der Waals surface area contributed by atoms with Crippen molar-refractivity contribution in [2.45, 2.75) is 0 Å². The highest BCUT2D eigenvalue weighted by molar-refractivity contribution is 7.26. The highest BCUT2D eigenvalue weighted by Gasteiger charge is 2.16. The minimum Gasteiger partial charge on any atom is -0.309 e. The van der Waals surface area contributed by atoms with Gasteiger partial charge in [-0.05, 0) is 30.3 Å². The maximum Gasteiger partial charge on any atom is 0.0737 e. The van der Waals surface area contributed by atoms with Crippen molar-refractivity contribution in [3.05, 3.63) is 109 Å². The molecular formula is C29H18N2S. The number of para-hydroxylation sites is 2. The lowest BCUT2D eigenvalue weighted by Gasteiger charge is -2.09. The first-order chi connectivity index (χ1) is 15.9. The number of hydrogen-bond donors (Lipinski definition) is 0. The minimum absolute atomic E-state index is 1.01. The Hall–Kier alpha value is -3.95. The molecule has 3 heterocycles. The average Bonchev–Trinajstić information content (AvgIpc) is 3.40. The number of benzene rings is 4. The van der Waals surface area contributed by atoms with Crippen molar-refractivity contribution in [3.63, 3.8) is 0 Å². The van der Waals surface area contributed by atoms with Crippen LogP contribution >= 0.6 is 11.3 Å². The van der Waals surface area contributed by atoms with E-state index in [1.165, 1.54) is 47.5 Å². The normalized spacial score (nSPS) is 11.8. The monoisotopic (exact) mass is 426 g/mol. The maximum atomic E-state index is 4.95. The van der Waals surface area contributed by atoms with Crippen molar-refractivity contribution in [2.75, 3.05) is 0 Å². The van der Waals surface area contributed by atoms with E-state index < -0.39 is 0 Å². The largest absolute Gasteiger partial charge is 0.309 e. The number of aromatic nitrogens is 2. The molecule has 0 saturated carbocycles. The molecule has 0 aliphatic heterocycles. The van der Waals surface area contributed by atoms with Crippen molar-refractivity contribution in [1.29, 1.82) is 0 Å². The fraction of sp³-hybridized carbons (Fsp3) is 0. The lowest BCUT2D eigenvalue weighted by atomic mass is 10.1. The molecule has 3 aromatic heterocycles. The van der Waals surface area contributed by atoms with Crippen LogP contribution in [0.4, 0.5) is 0 Å². The van der Waals surface area contributed by atoms with Crippen molar-refractivity contribution >= 4 is 53.3 Å². The third-order valence-electron chi connectivity index (χ3n) is 6.25. The Kier molecular flexibility index (Phi) is 3.75. The molecule has 0 aliphatic rings. The van der Waals surface area contributed by atoms with Crippen LogP contribution in [-0.2, 0) is 0 Å². The van der Waals surface area contributed by atoms with Crippen molar-refractivity contribution in [1.82, 2.24) is 9.55 Å². The maximum absolute atomic E-state index is 4.95. The second-order valence-electron chi connectivity index (χ2n) is 8.06. The highest BCUT2D eigenvalue weighted by Crippen LogP contribution is 2.40. The van der Waals surface area contributed by atoms with Gasteiger partial charge in [0, 0.05) is 48.4 Å². The molecule has 4 aromatic carbocycles. The van der Waals surface area contributed by atoms with E-state index in [1.54, 1.807) is 0 Å². The summed E-state index contributed by atoms with van der Waals surface area (Å²) in [6.45, 7) is 0. The lowest BCUT2D eigenvalue weighted by molar-refractivity contribution is 1.18. The molecule has 0 radical (unpaired) electrons. The van der Waals surface area contributed by atoms with E-state index in [9.17, 15) is 0 Å². The molecule has 0 fully saturated rings. The van der Waals surface area contributed by atoms with Gasteiger partial charge in [-0.15, -0.1) is 11.3 Å². The van der Waals surface area contributed by atoms with Crippen LogP contribution in [0, 0.1) is 0 Å². The molecule has 0 aliphatic carbocycles. The highest BCUT2D eigenvalue weighted by atomic mass is 32.1. The topological polar surface area (TPSA) is 17.8 Å². The van der Waals surface area contributed by atoms with Crippen LogP contribution in [0.2, 0.25) is 0 Å². The predicted octanol–water partition coefficient (Wildman–Crippen LogP) is 8.21. The van der Waals surface area contributed by atoms with Crippen LogP contribution < -0.4 is 0 Å². The van der Waals surface area contributed by atoms with E-state index in [2.05, 4.69) is 108 Å². The molecule has 7 aromatic rings. The molecule has 0 amide bonds. The standard InChI is InChI=1S/C29H18N2S/c1-2-9-19(10-3-1)31-26-15-6-4-11-20(26)24-18-30-25(17-27(24)31)23-14-8-13-22-21-12-5-7-16-28(21)32-29(22)23/h1-18H. The molecule has 0 N–H and O–H groups in total. The van der Waals surface area contributed by atoms with Gasteiger partial charge in [0.15, 0.2) is 0 Å². The van der Waals surface area contributed by atoms with Gasteiger partial charge in [-0.1, -0.05) is 72.8 Å². The summed E-state index contributed by atoms with van der Waals surface area (Å²) in [5.74, 6) is 0. The third kappa shape index (κ3) is 2.49. The van der Waals surface area contributed by atoms with Crippen LogP contribution in [0.15, 0.2) is 109 Å². The van der Waals surface area contributed by atoms with Gasteiger partial charge in [0.1, 0.15) is 0 Å². The van der Waals surface area contributed by atoms with Crippen molar-refractivity contribution in [2.24, 2.45) is 0 Å². The van der Waals surface area contributed by atoms with E-state index in [0.717, 1.165) is 11.4 Å². The number of thiophene rings is 1. The van der Waals surface area contributed by atoms with Gasteiger partial charge in [-0.3, -0.25) is 4.98 Å². The van der Waals surface area contributed by atoms with Gasteiger partial charge in [0.2, 0.25) is 0 Å². The van der Waals surface area contributed by atoms with E-state index >= 15 is 0 Å². The molecule has 0 spiro atoms. The summed E-state index contributed by atoms with van der Waals surface area (Å²) in [6, 6.07) is 36.6. The van der Waals surface area contributed by atoms with Gasteiger partial charge >= 0.3 is 0 Å². The van der Waals surface area contributed by atoms with E-state index in [4.69, 9.17) is 4.98 Å². The Balaban J connectivity index is 1.56. The molecule has 0 saturated heterocycles. The molecule has 32 heavy (non-hydrogen) atoms. The molecule has 0 atom stereocenters. The predicted molar refractivity (Wildman–Crippen MR) is 137 cm³/mol. The van der Waals surface area contributed by atoms with Crippen LogP contribution in [0.1, 0.15) is 0 Å². The lowest BCUT2D eigenvalue weighted by Crippen LogP contribution is -1.94. The van der Waals surface area contributed by atoms with E-state index in [1.807, 2.05) is 17.5 Å². The Bertz CT molecular complexity index is 1770. The van der Waals surface area contributed by atoms with Gasteiger partial charge in [0.25, 0.3) is 0 Å². The van der Waals surface area contributed by atoms with Gasteiger partial charge in [0.05, 0.1) is 16.7 Å². The van der Waals surface area contributed by atoms with Crippen LogP contribution in [0.3, 0.4) is 0 Å². The Morgan fingerprint density at radius 3 is 2.25 bits per heavy atom. The first-order valence-electron chi connectivity index (χ1n) is 10.7. The van der Waals surface area contributed by atoms with Gasteiger partial charge < -0.3 is 4.57 Å².